The van der Waals surface area contributed by atoms with Gasteiger partial charge >= 0.3 is 0 Å². The number of aliphatic carboxylic acids is 1. The Labute approximate surface area is 255 Å². The quantitative estimate of drug-likeness (QED) is 0.178. The maximum absolute atomic E-state index is 13.0. The average Bonchev–Trinajstić information content (AvgIpc) is 3.55. The molecule has 1 aliphatic rings. The van der Waals surface area contributed by atoms with Crippen LogP contribution in [-0.2, 0) is 27.8 Å². The van der Waals surface area contributed by atoms with Crippen molar-refractivity contribution in [1.82, 2.24) is 9.47 Å². The first-order valence-electron chi connectivity index (χ1n) is 12.3. The summed E-state index contributed by atoms with van der Waals surface area (Å²) in [5.74, 6) is -1.05. The first-order valence-corrected chi connectivity index (χ1v) is 16.4. The smallest absolute Gasteiger partial charge is 0.268 e. The van der Waals surface area contributed by atoms with Gasteiger partial charge in [0.15, 0.2) is 21.6 Å². The number of ether oxygens (including phenoxy) is 2. The highest BCUT2D eigenvalue weighted by Crippen LogP contribution is 2.35. The summed E-state index contributed by atoms with van der Waals surface area (Å²) < 4.78 is 50.5. The van der Waals surface area contributed by atoms with E-state index in [0.717, 1.165) is 10.7 Å². The maximum Gasteiger partial charge on any atom is 0.268 e. The highest BCUT2D eigenvalue weighted by Gasteiger charge is 2.24. The van der Waals surface area contributed by atoms with E-state index in [1.807, 2.05) is 23.3 Å². The van der Waals surface area contributed by atoms with Gasteiger partial charge in [-0.3, -0.25) is 4.79 Å². The average molecular weight is 653 g/mol. The summed E-state index contributed by atoms with van der Waals surface area (Å²) in [6.45, 7) is 8.44. The van der Waals surface area contributed by atoms with Crippen LogP contribution >= 0.6 is 34.4 Å². The van der Waals surface area contributed by atoms with Crippen LogP contribution in [0.3, 0.4) is 0 Å². The van der Waals surface area contributed by atoms with E-state index in [-0.39, 0.29) is 12.0 Å². The summed E-state index contributed by atoms with van der Waals surface area (Å²) in [4.78, 5) is 25.8. The van der Waals surface area contributed by atoms with Crippen molar-refractivity contribution in [1.29, 1.82) is 0 Å². The van der Waals surface area contributed by atoms with Crippen molar-refractivity contribution in [2.45, 2.75) is 25.6 Å². The van der Waals surface area contributed by atoms with Crippen LogP contribution in [0.25, 0.3) is 22.4 Å². The lowest BCUT2D eigenvalue weighted by atomic mass is 10.3. The Bertz CT molecular complexity index is 1830. The number of aromatic nitrogens is 2. The number of allylic oxidation sites excluding steroid dienone is 2. The SMILES string of the molecule is C=C.COc1cc2sc(C=c3s/c(=C\C=C4\SC=C(C)N4CCCC(=O)[O-])c(=O)n3C)[n+](CS(=O)(=O)[O-])c2cc1OC. The largest absolute Gasteiger partial charge is 0.743 e. The molecular formula is C27H30N3O8S4-. The topological polar surface area (TPSA) is 145 Å². The predicted octanol–water partition coefficient (Wildman–Crippen LogP) is 1.16. The molecule has 0 amide bonds. The maximum atomic E-state index is 13.0. The van der Waals surface area contributed by atoms with Gasteiger partial charge in [0.25, 0.3) is 10.6 Å². The minimum absolute atomic E-state index is 0.0406. The molecule has 3 heterocycles. The number of benzene rings is 1. The molecule has 0 radical (unpaired) electrons. The summed E-state index contributed by atoms with van der Waals surface area (Å²) in [5, 5.41) is 14.1. The van der Waals surface area contributed by atoms with E-state index < -0.39 is 22.0 Å². The second kappa shape index (κ2) is 14.2. The standard InChI is InChI=1S/C25H27N3O8S4.C2H4/c1-15-13-37-21(27(15)9-5-6-24(29)30)8-7-19-25(31)26(2)22(38-19)12-23-28(14-40(32,33)34)16-10-17(35-3)18(36-4)11-20(16)39-23;1-2/h7-8,10-13H,5-6,9,14H2,1-4H3,(H-,29,30,32,33,34);1-2H2/p-1/b19-7-,21-8+;. The van der Waals surface area contributed by atoms with E-state index in [0.29, 0.717) is 48.9 Å². The number of thioether (sulfide) groups is 1. The molecule has 226 valence electrons. The van der Waals surface area contributed by atoms with Gasteiger partial charge in [-0.15, -0.1) is 24.5 Å². The molecule has 1 aromatic carbocycles. The number of hydrogen-bond donors (Lipinski definition) is 0. The summed E-state index contributed by atoms with van der Waals surface area (Å²) >= 11 is 3.95. The zero-order chi connectivity index (χ0) is 31.2. The predicted molar refractivity (Wildman–Crippen MR) is 163 cm³/mol. The van der Waals surface area contributed by atoms with Gasteiger partial charge in [-0.1, -0.05) is 23.1 Å². The molecule has 0 fully saturated rings. The third-order valence-corrected chi connectivity index (χ3v) is 9.87. The molecule has 0 saturated carbocycles. The molecule has 0 saturated heterocycles. The van der Waals surface area contributed by atoms with Crippen LogP contribution in [0.5, 0.6) is 11.5 Å². The summed E-state index contributed by atoms with van der Waals surface area (Å²) in [7, 11) is -0.0754. The second-order valence-corrected chi connectivity index (χ2v) is 13.1. The minimum atomic E-state index is -4.64. The molecular weight excluding hydrogens is 623 g/mol. The lowest BCUT2D eigenvalue weighted by Crippen LogP contribution is -2.39. The van der Waals surface area contributed by atoms with Crippen molar-refractivity contribution in [2.75, 3.05) is 20.8 Å². The molecule has 0 unspecified atom stereocenters. The van der Waals surface area contributed by atoms with E-state index in [1.54, 1.807) is 31.3 Å². The number of carbonyl (C=O) groups excluding carboxylic acids is 1. The molecule has 3 aromatic rings. The number of carbonyl (C=O) groups is 1. The first-order chi connectivity index (χ1) is 19.9. The lowest BCUT2D eigenvalue weighted by molar-refractivity contribution is -0.649. The number of fused-ring (bicyclic) bond motifs is 1. The van der Waals surface area contributed by atoms with Crippen molar-refractivity contribution in [2.24, 2.45) is 7.05 Å². The molecule has 15 heteroatoms. The Morgan fingerprint density at radius 1 is 1.14 bits per heavy atom. The Morgan fingerprint density at radius 2 is 1.81 bits per heavy atom. The molecule has 0 atom stereocenters. The normalized spacial score (nSPS) is 15.2. The monoisotopic (exact) mass is 652 g/mol. The number of methoxy groups -OCH3 is 2. The zero-order valence-corrected chi connectivity index (χ0v) is 26.7. The zero-order valence-electron chi connectivity index (χ0n) is 23.4. The molecule has 4 rings (SSSR count). The molecule has 0 aliphatic carbocycles. The van der Waals surface area contributed by atoms with Gasteiger partial charge in [-0.05, 0) is 37.3 Å². The Balaban J connectivity index is 0.00000237. The Hall–Kier alpha value is -3.37. The van der Waals surface area contributed by atoms with Crippen LogP contribution in [0.1, 0.15) is 24.8 Å². The van der Waals surface area contributed by atoms with Crippen molar-refractivity contribution in [3.63, 3.8) is 0 Å². The highest BCUT2D eigenvalue weighted by atomic mass is 32.2. The molecule has 2 aromatic heterocycles. The van der Waals surface area contributed by atoms with Crippen molar-refractivity contribution in [3.8, 4) is 11.5 Å². The third kappa shape index (κ3) is 7.72. The number of carboxylic acid groups (broad SMARTS) is 1. The van der Waals surface area contributed by atoms with Gasteiger partial charge in [0.05, 0.1) is 35.9 Å². The fraction of sp³-hybridized carbons (Fsp3) is 0.296. The minimum Gasteiger partial charge on any atom is -0.743 e. The van der Waals surface area contributed by atoms with Crippen LogP contribution in [0.15, 0.2) is 52.3 Å². The van der Waals surface area contributed by atoms with E-state index in [2.05, 4.69) is 13.2 Å². The molecule has 0 spiro atoms. The Morgan fingerprint density at radius 3 is 2.43 bits per heavy atom. The molecule has 42 heavy (non-hydrogen) atoms. The van der Waals surface area contributed by atoms with Crippen LogP contribution in [0.2, 0.25) is 0 Å². The number of carboxylic acids is 1. The number of nitrogens with zero attached hydrogens (tertiary/aromatic N) is 3. The Kier molecular flexibility index (Phi) is 11.2. The van der Waals surface area contributed by atoms with Crippen LogP contribution < -0.4 is 33.9 Å². The molecule has 11 nitrogen and oxygen atoms in total. The van der Waals surface area contributed by atoms with Gasteiger partial charge < -0.3 is 33.4 Å². The highest BCUT2D eigenvalue weighted by molar-refractivity contribution is 8.06. The second-order valence-electron chi connectivity index (χ2n) is 8.72. The van der Waals surface area contributed by atoms with Crippen molar-refractivity contribution < 1.29 is 36.9 Å². The fourth-order valence-corrected chi connectivity index (χ4v) is 7.81. The molecule has 0 N–H and O–H groups in total. The third-order valence-electron chi connectivity index (χ3n) is 6.01. The van der Waals surface area contributed by atoms with Gasteiger partial charge in [0.1, 0.15) is 9.36 Å². The summed E-state index contributed by atoms with van der Waals surface area (Å²) in [6, 6.07) is 3.32. The van der Waals surface area contributed by atoms with Crippen LogP contribution in [-0.4, -0.2) is 49.2 Å². The summed E-state index contributed by atoms with van der Waals surface area (Å²) in [5.41, 5.74) is 1.22. The van der Waals surface area contributed by atoms with E-state index >= 15 is 0 Å². The van der Waals surface area contributed by atoms with Crippen LogP contribution in [0, 0.1) is 0 Å². The van der Waals surface area contributed by atoms with E-state index in [4.69, 9.17) is 9.47 Å². The van der Waals surface area contributed by atoms with Gasteiger partial charge in [-0.25, -0.2) is 8.42 Å². The van der Waals surface area contributed by atoms with Crippen LogP contribution in [0.4, 0.5) is 0 Å². The number of thiazole rings is 2. The van der Waals surface area contributed by atoms with E-state index in [1.165, 1.54) is 57.8 Å². The number of hydrogen-bond acceptors (Lipinski definition) is 12. The summed E-state index contributed by atoms with van der Waals surface area (Å²) in [6.07, 6.45) is 5.59. The first kappa shape index (κ1) is 33.1. The number of rotatable bonds is 10. The lowest BCUT2D eigenvalue weighted by Gasteiger charge is -2.21. The van der Waals surface area contributed by atoms with Gasteiger partial charge in [0, 0.05) is 31.3 Å². The van der Waals surface area contributed by atoms with Gasteiger partial charge in [-0.2, -0.15) is 4.57 Å². The van der Waals surface area contributed by atoms with Crippen molar-refractivity contribution >= 4 is 72.9 Å². The molecule has 1 aliphatic heterocycles. The molecule has 0 bridgehead atoms. The van der Waals surface area contributed by atoms with Crippen molar-refractivity contribution in [3.05, 3.63) is 72.1 Å². The van der Waals surface area contributed by atoms with Gasteiger partial charge in [0.2, 0.25) is 11.4 Å². The van der Waals surface area contributed by atoms with E-state index in [9.17, 15) is 27.7 Å². The fourth-order valence-electron chi connectivity index (χ4n) is 4.05.